The number of aliphatic hydroxyl groups is 1. The lowest BCUT2D eigenvalue weighted by atomic mass is 9.78. The van der Waals surface area contributed by atoms with E-state index >= 15 is 0 Å². The average Bonchev–Trinajstić information content (AvgIpc) is 2.37. The molecule has 0 amide bonds. The van der Waals surface area contributed by atoms with E-state index in [-0.39, 0.29) is 12.3 Å². The highest BCUT2D eigenvalue weighted by Gasteiger charge is 2.38. The van der Waals surface area contributed by atoms with Gasteiger partial charge in [0.25, 0.3) is 0 Å². The summed E-state index contributed by atoms with van der Waals surface area (Å²) in [7, 11) is -4.04. The Morgan fingerprint density at radius 2 is 2.24 bits per heavy atom. The summed E-state index contributed by atoms with van der Waals surface area (Å²) in [6.07, 6.45) is 2.91. The molecule has 21 heavy (non-hydrogen) atoms. The summed E-state index contributed by atoms with van der Waals surface area (Å²) >= 11 is 0. The predicted octanol–water partition coefficient (Wildman–Crippen LogP) is 1.63. The van der Waals surface area contributed by atoms with Crippen molar-refractivity contribution in [2.75, 3.05) is 12.3 Å². The summed E-state index contributed by atoms with van der Waals surface area (Å²) in [5.41, 5.74) is 4.68. The first-order chi connectivity index (χ1) is 9.78. The molecule has 7 heteroatoms. The Morgan fingerprint density at radius 1 is 1.52 bits per heavy atom. The van der Waals surface area contributed by atoms with Gasteiger partial charge in [-0.15, -0.1) is 0 Å². The number of hydrogen-bond acceptors (Lipinski definition) is 4. The Balaban J connectivity index is 2.31. The maximum Gasteiger partial charge on any atom is 0.244 e. The maximum absolute atomic E-state index is 13.8. The third-order valence-corrected chi connectivity index (χ3v) is 5.60. The van der Waals surface area contributed by atoms with Gasteiger partial charge in [-0.2, -0.15) is 0 Å². The summed E-state index contributed by atoms with van der Waals surface area (Å²) in [4.78, 5) is -0.442. The standard InChI is InChI=1S/C14H21FN2O3S/c1-10-3-2-6-14(8-10,9-18)17-21(19,20)13-5-4-11(16)7-12(13)15/h4-5,7,10,17-18H,2-3,6,8-9,16H2,1H3. The van der Waals surface area contributed by atoms with Crippen LogP contribution >= 0.6 is 0 Å². The Hall–Kier alpha value is -1.18. The normalized spacial score (nSPS) is 26.7. The van der Waals surface area contributed by atoms with Gasteiger partial charge >= 0.3 is 0 Å². The zero-order chi connectivity index (χ0) is 15.7. The van der Waals surface area contributed by atoms with E-state index in [0.29, 0.717) is 18.8 Å². The molecular weight excluding hydrogens is 295 g/mol. The Bertz CT molecular complexity index is 621. The van der Waals surface area contributed by atoms with Gasteiger partial charge in [0.15, 0.2) is 0 Å². The van der Waals surface area contributed by atoms with E-state index in [2.05, 4.69) is 4.72 Å². The van der Waals surface area contributed by atoms with Crippen molar-refractivity contribution in [2.45, 2.75) is 43.0 Å². The summed E-state index contributed by atoms with van der Waals surface area (Å²) in [5.74, 6) is -0.579. The minimum absolute atomic E-state index is 0.162. The van der Waals surface area contributed by atoms with Gasteiger partial charge in [-0.3, -0.25) is 0 Å². The first-order valence-electron chi connectivity index (χ1n) is 6.98. The van der Waals surface area contributed by atoms with Crippen molar-refractivity contribution in [3.05, 3.63) is 24.0 Å². The lowest BCUT2D eigenvalue weighted by molar-refractivity contribution is 0.119. The van der Waals surface area contributed by atoms with Crippen LogP contribution in [0.1, 0.15) is 32.6 Å². The molecule has 0 spiro atoms. The molecular formula is C14H21FN2O3S. The topological polar surface area (TPSA) is 92.4 Å². The maximum atomic E-state index is 13.8. The van der Waals surface area contributed by atoms with Crippen LogP contribution < -0.4 is 10.5 Å². The SMILES string of the molecule is CC1CCCC(CO)(NS(=O)(=O)c2ccc(N)cc2F)C1. The number of sulfonamides is 1. The highest BCUT2D eigenvalue weighted by molar-refractivity contribution is 7.89. The summed E-state index contributed by atoms with van der Waals surface area (Å²) in [6, 6.07) is 3.46. The monoisotopic (exact) mass is 316 g/mol. The summed E-state index contributed by atoms with van der Waals surface area (Å²) < 4.78 is 41.2. The molecule has 1 aliphatic carbocycles. The fourth-order valence-corrected chi connectivity index (χ4v) is 4.50. The lowest BCUT2D eigenvalue weighted by Gasteiger charge is -2.39. The molecule has 2 rings (SSSR count). The molecule has 0 aromatic heterocycles. The first-order valence-corrected chi connectivity index (χ1v) is 8.46. The number of nitrogens with two attached hydrogens (primary N) is 1. The summed E-state index contributed by atoms with van der Waals surface area (Å²) in [6.45, 7) is 1.72. The van der Waals surface area contributed by atoms with E-state index in [1.165, 1.54) is 6.07 Å². The predicted molar refractivity (Wildman–Crippen MR) is 78.6 cm³/mol. The summed E-state index contributed by atoms with van der Waals surface area (Å²) in [5, 5.41) is 9.64. The molecule has 1 aliphatic rings. The van der Waals surface area contributed by atoms with Crippen molar-refractivity contribution in [1.29, 1.82) is 0 Å². The van der Waals surface area contributed by atoms with Gasteiger partial charge in [0.05, 0.1) is 12.1 Å². The molecule has 118 valence electrons. The van der Waals surface area contributed by atoms with E-state index in [1.807, 2.05) is 6.92 Å². The third kappa shape index (κ3) is 3.53. The van der Waals surface area contributed by atoms with E-state index in [1.54, 1.807) is 0 Å². The van der Waals surface area contributed by atoms with Gasteiger partial charge in [-0.1, -0.05) is 19.8 Å². The third-order valence-electron chi connectivity index (χ3n) is 3.99. The van der Waals surface area contributed by atoms with Crippen LogP contribution in [0.2, 0.25) is 0 Å². The molecule has 5 nitrogen and oxygen atoms in total. The molecule has 1 saturated carbocycles. The number of nitrogens with one attached hydrogen (secondary N) is 1. The van der Waals surface area contributed by atoms with Gasteiger partial charge in [0, 0.05) is 5.69 Å². The van der Waals surface area contributed by atoms with Crippen molar-refractivity contribution in [3.8, 4) is 0 Å². The van der Waals surface area contributed by atoms with Crippen molar-refractivity contribution in [3.63, 3.8) is 0 Å². The molecule has 0 heterocycles. The molecule has 0 bridgehead atoms. The fraction of sp³-hybridized carbons (Fsp3) is 0.571. The quantitative estimate of drug-likeness (QED) is 0.736. The number of aliphatic hydroxyl groups excluding tert-OH is 1. The van der Waals surface area contributed by atoms with Gasteiger partial charge in [-0.25, -0.2) is 17.5 Å². The number of nitrogen functional groups attached to an aromatic ring is 1. The van der Waals surface area contributed by atoms with Crippen molar-refractivity contribution in [1.82, 2.24) is 4.72 Å². The van der Waals surface area contributed by atoms with Gasteiger partial charge in [0.1, 0.15) is 10.7 Å². The highest BCUT2D eigenvalue weighted by atomic mass is 32.2. The minimum Gasteiger partial charge on any atom is -0.399 e. The molecule has 1 fully saturated rings. The molecule has 2 atom stereocenters. The Labute approximate surface area is 124 Å². The van der Waals surface area contributed by atoms with Crippen LogP contribution in [-0.2, 0) is 10.0 Å². The second-order valence-electron chi connectivity index (χ2n) is 5.94. The highest BCUT2D eigenvalue weighted by Crippen LogP contribution is 2.33. The van der Waals surface area contributed by atoms with E-state index in [4.69, 9.17) is 5.73 Å². The smallest absolute Gasteiger partial charge is 0.244 e. The number of rotatable bonds is 4. The molecule has 0 saturated heterocycles. The number of halogens is 1. The van der Waals surface area contributed by atoms with Crippen LogP contribution in [0.25, 0.3) is 0 Å². The number of benzene rings is 1. The van der Waals surface area contributed by atoms with Crippen LogP contribution in [0.5, 0.6) is 0 Å². The van der Waals surface area contributed by atoms with Crippen molar-refractivity contribution in [2.24, 2.45) is 5.92 Å². The van der Waals surface area contributed by atoms with E-state index in [0.717, 1.165) is 25.0 Å². The molecule has 1 aromatic rings. The van der Waals surface area contributed by atoms with Crippen LogP contribution in [0.3, 0.4) is 0 Å². The molecule has 1 aromatic carbocycles. The van der Waals surface area contributed by atoms with Crippen molar-refractivity contribution >= 4 is 15.7 Å². The molecule has 4 N–H and O–H groups in total. The largest absolute Gasteiger partial charge is 0.399 e. The van der Waals surface area contributed by atoms with E-state index in [9.17, 15) is 17.9 Å². The average molecular weight is 316 g/mol. The molecule has 2 unspecified atom stereocenters. The lowest BCUT2D eigenvalue weighted by Crippen LogP contribution is -2.53. The zero-order valence-electron chi connectivity index (χ0n) is 12.0. The van der Waals surface area contributed by atoms with Crippen molar-refractivity contribution < 1.29 is 17.9 Å². The van der Waals surface area contributed by atoms with Crippen LogP contribution in [0.4, 0.5) is 10.1 Å². The van der Waals surface area contributed by atoms with Crippen LogP contribution in [-0.4, -0.2) is 25.7 Å². The van der Waals surface area contributed by atoms with Gasteiger partial charge in [-0.05, 0) is 37.0 Å². The zero-order valence-corrected chi connectivity index (χ0v) is 12.8. The first kappa shape index (κ1) is 16.2. The number of anilines is 1. The van der Waals surface area contributed by atoms with Crippen LogP contribution in [0.15, 0.2) is 23.1 Å². The fourth-order valence-electron chi connectivity index (χ4n) is 3.00. The Kier molecular flexibility index (Phi) is 4.55. The van der Waals surface area contributed by atoms with Crippen LogP contribution in [0, 0.1) is 11.7 Å². The Morgan fingerprint density at radius 3 is 2.81 bits per heavy atom. The van der Waals surface area contributed by atoms with E-state index < -0.39 is 26.3 Å². The molecule has 0 radical (unpaired) electrons. The van der Waals surface area contributed by atoms with Gasteiger partial charge < -0.3 is 10.8 Å². The van der Waals surface area contributed by atoms with Gasteiger partial charge in [0.2, 0.25) is 10.0 Å². The minimum atomic E-state index is -4.04. The second-order valence-corrected chi connectivity index (χ2v) is 7.59. The number of hydrogen-bond donors (Lipinski definition) is 3. The second kappa shape index (κ2) is 5.90. The molecule has 0 aliphatic heterocycles.